The van der Waals surface area contributed by atoms with Crippen LogP contribution in [0.5, 0.6) is 0 Å². The number of hydrogen-bond donors (Lipinski definition) is 1. The summed E-state index contributed by atoms with van der Waals surface area (Å²) in [5, 5.41) is 6.49. The highest BCUT2D eigenvalue weighted by molar-refractivity contribution is 7.91. The van der Waals surface area contributed by atoms with Crippen LogP contribution >= 0.6 is 22.7 Å². The fourth-order valence-electron chi connectivity index (χ4n) is 2.46. The molecule has 0 aliphatic carbocycles. The van der Waals surface area contributed by atoms with Gasteiger partial charge in [-0.2, -0.15) is 0 Å². The molecule has 0 bridgehead atoms. The minimum atomic E-state index is -3.93. The molecular formula is C17H14FNO6S3. The van der Waals surface area contributed by atoms with E-state index >= 15 is 0 Å². The molecule has 148 valence electrons. The van der Waals surface area contributed by atoms with Gasteiger partial charge in [0.1, 0.15) is 21.5 Å². The number of halogens is 1. The van der Waals surface area contributed by atoms with Crippen molar-refractivity contribution in [2.75, 3.05) is 6.61 Å². The number of primary sulfonamides is 1. The van der Waals surface area contributed by atoms with Crippen LogP contribution in [0.1, 0.15) is 32.5 Å². The molecule has 2 N–H and O–H groups in total. The molecule has 0 aliphatic rings. The molecule has 3 rings (SSSR count). The van der Waals surface area contributed by atoms with E-state index in [2.05, 4.69) is 0 Å². The number of carbonyl (C=O) groups excluding carboxylic acids is 2. The molecule has 0 saturated carbocycles. The highest BCUT2D eigenvalue weighted by atomic mass is 32.2. The quantitative estimate of drug-likeness (QED) is 0.585. The lowest BCUT2D eigenvalue weighted by Gasteiger charge is -2.06. The number of benzene rings is 1. The number of esters is 2. The molecule has 1 aromatic carbocycles. The molecule has 28 heavy (non-hydrogen) atoms. The van der Waals surface area contributed by atoms with E-state index in [1.54, 1.807) is 13.0 Å². The van der Waals surface area contributed by atoms with Gasteiger partial charge in [0.15, 0.2) is 0 Å². The molecule has 0 saturated heterocycles. The number of hydrogen-bond acceptors (Lipinski definition) is 8. The van der Waals surface area contributed by atoms with Crippen molar-refractivity contribution in [2.24, 2.45) is 5.14 Å². The Balaban J connectivity index is 1.91. The highest BCUT2D eigenvalue weighted by Gasteiger charge is 2.23. The Bertz CT molecular complexity index is 1160. The predicted molar refractivity (Wildman–Crippen MR) is 103 cm³/mol. The summed E-state index contributed by atoms with van der Waals surface area (Å²) in [5.74, 6) is -2.01. The van der Waals surface area contributed by atoms with Gasteiger partial charge in [0.25, 0.3) is 0 Å². The number of fused-ring (bicyclic) bond motifs is 1. The standard InChI is InChI=1S/C17H14FNO6S3/c1-2-24-17(21)15-10(14-11(18)4-3-5-12(14)27-15)7-25-16(20)9-6-13(26-8-9)28(19,22)23/h3-6,8H,2,7H2,1H3,(H2,19,22,23). The van der Waals surface area contributed by atoms with E-state index < -0.39 is 27.8 Å². The van der Waals surface area contributed by atoms with Gasteiger partial charge >= 0.3 is 11.9 Å². The van der Waals surface area contributed by atoms with Crippen molar-refractivity contribution in [3.8, 4) is 0 Å². The van der Waals surface area contributed by atoms with Crippen LogP contribution in [0.15, 0.2) is 33.9 Å². The maximum Gasteiger partial charge on any atom is 0.348 e. The van der Waals surface area contributed by atoms with Crippen LogP contribution in [0.25, 0.3) is 10.1 Å². The zero-order valence-electron chi connectivity index (χ0n) is 14.4. The molecule has 0 amide bonds. The van der Waals surface area contributed by atoms with Crippen LogP contribution in [0.3, 0.4) is 0 Å². The molecule has 2 heterocycles. The zero-order chi connectivity index (χ0) is 20.5. The van der Waals surface area contributed by atoms with Crippen LogP contribution in [-0.2, 0) is 26.1 Å². The lowest BCUT2D eigenvalue weighted by Crippen LogP contribution is -2.11. The van der Waals surface area contributed by atoms with Crippen molar-refractivity contribution in [3.05, 3.63) is 51.5 Å². The topological polar surface area (TPSA) is 113 Å². The average Bonchev–Trinajstić information content (AvgIpc) is 3.25. The van der Waals surface area contributed by atoms with Crippen molar-refractivity contribution in [1.29, 1.82) is 0 Å². The average molecular weight is 443 g/mol. The number of rotatable bonds is 6. The van der Waals surface area contributed by atoms with Crippen molar-refractivity contribution in [1.82, 2.24) is 0 Å². The van der Waals surface area contributed by atoms with Crippen molar-refractivity contribution >= 4 is 54.7 Å². The molecule has 11 heteroatoms. The second-order valence-electron chi connectivity index (χ2n) is 5.52. The Kier molecular flexibility index (Phi) is 5.79. The molecular weight excluding hydrogens is 429 g/mol. The van der Waals surface area contributed by atoms with Crippen molar-refractivity contribution < 1.29 is 31.9 Å². The van der Waals surface area contributed by atoms with E-state index in [1.165, 1.54) is 17.5 Å². The third-order valence-corrected chi connectivity index (χ3v) is 7.23. The van der Waals surface area contributed by atoms with Crippen molar-refractivity contribution in [2.45, 2.75) is 17.7 Å². The van der Waals surface area contributed by atoms with Gasteiger partial charge < -0.3 is 9.47 Å². The first kappa shape index (κ1) is 20.4. The summed E-state index contributed by atoms with van der Waals surface area (Å²) in [6, 6.07) is 5.50. The molecule has 0 spiro atoms. The number of thiophene rings is 2. The SMILES string of the molecule is CCOC(=O)c1sc2cccc(F)c2c1COC(=O)c1csc(S(N)(=O)=O)c1. The number of sulfonamides is 1. The van der Waals surface area contributed by atoms with Gasteiger partial charge in [-0.1, -0.05) is 6.07 Å². The smallest absolute Gasteiger partial charge is 0.348 e. The monoisotopic (exact) mass is 443 g/mol. The molecule has 7 nitrogen and oxygen atoms in total. The number of ether oxygens (including phenoxy) is 2. The molecule has 2 aromatic heterocycles. The first-order chi connectivity index (χ1) is 13.2. The van der Waals surface area contributed by atoms with Gasteiger partial charge in [-0.25, -0.2) is 27.5 Å². The Labute approximate surface area is 167 Å². The Morgan fingerprint density at radius 3 is 2.61 bits per heavy atom. The lowest BCUT2D eigenvalue weighted by atomic mass is 10.1. The minimum absolute atomic E-state index is 0.00767. The van der Waals surface area contributed by atoms with Gasteiger partial charge in [0, 0.05) is 21.0 Å². The van der Waals surface area contributed by atoms with E-state index in [4.69, 9.17) is 14.6 Å². The van der Waals surface area contributed by atoms with Gasteiger partial charge in [0.05, 0.1) is 12.2 Å². The Morgan fingerprint density at radius 2 is 1.96 bits per heavy atom. The normalized spacial score (nSPS) is 11.5. The first-order valence-corrected chi connectivity index (χ1v) is 11.1. The van der Waals surface area contributed by atoms with Crippen LogP contribution in [0, 0.1) is 5.82 Å². The molecule has 0 atom stereocenters. The van der Waals surface area contributed by atoms with Crippen LogP contribution < -0.4 is 5.14 Å². The molecule has 0 radical (unpaired) electrons. The summed E-state index contributed by atoms with van der Waals surface area (Å²) in [4.78, 5) is 24.6. The first-order valence-electron chi connectivity index (χ1n) is 7.87. The highest BCUT2D eigenvalue weighted by Crippen LogP contribution is 2.34. The predicted octanol–water partition coefficient (Wildman–Crippen LogP) is 3.28. The van der Waals surface area contributed by atoms with Crippen molar-refractivity contribution in [3.63, 3.8) is 0 Å². The van der Waals surface area contributed by atoms with Gasteiger partial charge in [-0.3, -0.25) is 0 Å². The summed E-state index contributed by atoms with van der Waals surface area (Å²) in [5.41, 5.74) is 0.193. The van der Waals surface area contributed by atoms with Crippen LogP contribution in [0.4, 0.5) is 4.39 Å². The molecule has 0 fully saturated rings. The van der Waals surface area contributed by atoms with Gasteiger partial charge in [-0.15, -0.1) is 22.7 Å². The van der Waals surface area contributed by atoms with Crippen LogP contribution in [-0.4, -0.2) is 27.0 Å². The summed E-state index contributed by atoms with van der Waals surface area (Å²) in [6.45, 7) is 1.40. The fourth-order valence-corrected chi connectivity index (χ4v) is 5.15. The second kappa shape index (κ2) is 7.95. The fraction of sp³-hybridized carbons (Fsp3) is 0.176. The maximum atomic E-state index is 14.3. The molecule has 0 unspecified atom stereocenters. The summed E-state index contributed by atoms with van der Waals surface area (Å²) < 4.78 is 47.5. The third-order valence-electron chi connectivity index (χ3n) is 3.66. The number of carbonyl (C=O) groups is 2. The minimum Gasteiger partial charge on any atom is -0.462 e. The summed E-state index contributed by atoms with van der Waals surface area (Å²) >= 11 is 1.82. The zero-order valence-corrected chi connectivity index (χ0v) is 16.9. The second-order valence-corrected chi connectivity index (χ2v) is 9.27. The Morgan fingerprint density at radius 1 is 1.21 bits per heavy atom. The largest absolute Gasteiger partial charge is 0.462 e. The summed E-state index contributed by atoms with van der Waals surface area (Å²) in [6.07, 6.45) is 0. The molecule has 3 aromatic rings. The van der Waals surface area contributed by atoms with E-state index in [9.17, 15) is 22.4 Å². The lowest BCUT2D eigenvalue weighted by molar-refractivity contribution is 0.0455. The summed E-state index contributed by atoms with van der Waals surface area (Å²) in [7, 11) is -3.93. The third kappa shape index (κ3) is 4.07. The van der Waals surface area contributed by atoms with Gasteiger partial charge in [-0.05, 0) is 25.1 Å². The maximum absolute atomic E-state index is 14.3. The number of nitrogens with two attached hydrogens (primary N) is 1. The van der Waals surface area contributed by atoms with Gasteiger partial charge in [0.2, 0.25) is 10.0 Å². The Hall–Kier alpha value is -2.34. The van der Waals surface area contributed by atoms with Crippen LogP contribution in [0.2, 0.25) is 0 Å². The van der Waals surface area contributed by atoms with E-state index in [0.717, 1.165) is 28.7 Å². The van der Waals surface area contributed by atoms with E-state index in [0.29, 0.717) is 4.70 Å². The van der Waals surface area contributed by atoms with E-state index in [-0.39, 0.29) is 38.8 Å². The molecule has 0 aliphatic heterocycles. The van der Waals surface area contributed by atoms with E-state index in [1.807, 2.05) is 0 Å².